The van der Waals surface area contributed by atoms with Crippen molar-refractivity contribution in [2.24, 2.45) is 0 Å². The molecule has 1 atom stereocenters. The SMILES string of the molecule is O=c1c(Cl)c(CCO)cnn1C1CCCCO1. The van der Waals surface area contributed by atoms with Crippen LogP contribution in [0.3, 0.4) is 0 Å². The van der Waals surface area contributed by atoms with Crippen molar-refractivity contribution in [3.8, 4) is 0 Å². The summed E-state index contributed by atoms with van der Waals surface area (Å²) in [5.41, 5.74) is 0.232. The monoisotopic (exact) mass is 258 g/mol. The maximum absolute atomic E-state index is 12.0. The molecule has 1 aliphatic rings. The van der Waals surface area contributed by atoms with Crippen LogP contribution in [0.15, 0.2) is 11.0 Å². The number of aliphatic hydroxyl groups excluding tert-OH is 1. The van der Waals surface area contributed by atoms with Crippen LogP contribution >= 0.6 is 11.6 Å². The van der Waals surface area contributed by atoms with Crippen molar-refractivity contribution in [2.45, 2.75) is 31.9 Å². The van der Waals surface area contributed by atoms with Crippen LogP contribution in [-0.4, -0.2) is 28.1 Å². The highest BCUT2D eigenvalue weighted by Gasteiger charge is 2.20. The first kappa shape index (κ1) is 12.5. The zero-order valence-electron chi connectivity index (χ0n) is 9.43. The van der Waals surface area contributed by atoms with Crippen LogP contribution in [0.5, 0.6) is 0 Å². The topological polar surface area (TPSA) is 64.3 Å². The summed E-state index contributed by atoms with van der Waals surface area (Å²) >= 11 is 5.96. The standard InChI is InChI=1S/C11H15ClN2O3/c12-10-8(4-5-15)7-13-14(11(10)16)9-3-1-2-6-17-9/h7,9,15H,1-6H2. The van der Waals surface area contributed by atoms with Gasteiger partial charge in [-0.25, -0.2) is 0 Å². The van der Waals surface area contributed by atoms with Gasteiger partial charge in [0.05, 0.1) is 6.20 Å². The molecule has 2 heterocycles. The largest absolute Gasteiger partial charge is 0.396 e. The van der Waals surface area contributed by atoms with Gasteiger partial charge in [0, 0.05) is 13.2 Å². The number of hydrogen-bond acceptors (Lipinski definition) is 4. The maximum atomic E-state index is 12.0. The molecular formula is C11H15ClN2O3. The zero-order chi connectivity index (χ0) is 12.3. The minimum absolute atomic E-state index is 0.0508. The number of aromatic nitrogens is 2. The molecule has 0 spiro atoms. The van der Waals surface area contributed by atoms with Crippen LogP contribution in [0.2, 0.25) is 5.02 Å². The van der Waals surface area contributed by atoms with Crippen LogP contribution in [-0.2, 0) is 11.2 Å². The van der Waals surface area contributed by atoms with E-state index in [-0.39, 0.29) is 23.4 Å². The van der Waals surface area contributed by atoms with E-state index in [1.807, 2.05) is 0 Å². The fourth-order valence-electron chi connectivity index (χ4n) is 1.90. The number of hydrogen-bond donors (Lipinski definition) is 1. The quantitative estimate of drug-likeness (QED) is 0.883. The highest BCUT2D eigenvalue weighted by molar-refractivity contribution is 6.31. The average molecular weight is 259 g/mol. The number of ether oxygens (including phenoxy) is 1. The van der Waals surface area contributed by atoms with Gasteiger partial charge in [-0.3, -0.25) is 4.79 Å². The van der Waals surface area contributed by atoms with Gasteiger partial charge in [-0.15, -0.1) is 0 Å². The molecule has 6 heteroatoms. The van der Waals surface area contributed by atoms with Gasteiger partial charge in [-0.2, -0.15) is 9.78 Å². The lowest BCUT2D eigenvalue weighted by molar-refractivity contribution is -0.0425. The van der Waals surface area contributed by atoms with E-state index in [2.05, 4.69) is 5.10 Å². The Morgan fingerprint density at radius 2 is 2.41 bits per heavy atom. The van der Waals surface area contributed by atoms with Crippen molar-refractivity contribution in [1.82, 2.24) is 9.78 Å². The van der Waals surface area contributed by atoms with E-state index >= 15 is 0 Å². The predicted molar refractivity (Wildman–Crippen MR) is 63.1 cm³/mol. The van der Waals surface area contributed by atoms with Gasteiger partial charge in [0.1, 0.15) is 5.02 Å². The first-order valence-corrected chi connectivity index (χ1v) is 6.10. The van der Waals surface area contributed by atoms with Crippen molar-refractivity contribution in [3.05, 3.63) is 27.1 Å². The lowest BCUT2D eigenvalue weighted by Crippen LogP contribution is -2.31. The third-order valence-electron chi connectivity index (χ3n) is 2.83. The summed E-state index contributed by atoms with van der Waals surface area (Å²) in [5, 5.41) is 13.0. The Kier molecular flexibility index (Phi) is 4.15. The van der Waals surface area contributed by atoms with E-state index in [0.29, 0.717) is 18.6 Å². The molecule has 1 N–H and O–H groups in total. The van der Waals surface area contributed by atoms with Gasteiger partial charge < -0.3 is 9.84 Å². The molecule has 5 nitrogen and oxygen atoms in total. The summed E-state index contributed by atoms with van der Waals surface area (Å²) in [4.78, 5) is 12.0. The third kappa shape index (κ3) is 2.68. The second-order valence-corrected chi connectivity index (χ2v) is 4.41. The van der Waals surface area contributed by atoms with E-state index in [9.17, 15) is 4.79 Å². The highest BCUT2D eigenvalue weighted by atomic mass is 35.5. The molecular weight excluding hydrogens is 244 g/mol. The summed E-state index contributed by atoms with van der Waals surface area (Å²) < 4.78 is 6.79. The Morgan fingerprint density at radius 1 is 1.59 bits per heavy atom. The molecule has 0 amide bonds. The van der Waals surface area contributed by atoms with E-state index in [4.69, 9.17) is 21.4 Å². The molecule has 0 aromatic carbocycles. The van der Waals surface area contributed by atoms with Crippen molar-refractivity contribution < 1.29 is 9.84 Å². The molecule has 0 aliphatic carbocycles. The zero-order valence-corrected chi connectivity index (χ0v) is 10.2. The van der Waals surface area contributed by atoms with Crippen LogP contribution in [0, 0.1) is 0 Å². The van der Waals surface area contributed by atoms with E-state index in [1.165, 1.54) is 10.9 Å². The molecule has 94 valence electrons. The fourth-order valence-corrected chi connectivity index (χ4v) is 2.13. The number of halogens is 1. The second-order valence-electron chi connectivity index (χ2n) is 4.03. The van der Waals surface area contributed by atoms with Crippen molar-refractivity contribution in [3.63, 3.8) is 0 Å². The van der Waals surface area contributed by atoms with Crippen LogP contribution in [0.1, 0.15) is 31.1 Å². The van der Waals surface area contributed by atoms with Gasteiger partial charge in [-0.05, 0) is 31.2 Å². The van der Waals surface area contributed by atoms with E-state index < -0.39 is 0 Å². The second kappa shape index (κ2) is 5.62. The number of nitrogens with zero attached hydrogens (tertiary/aromatic N) is 2. The average Bonchev–Trinajstić information content (AvgIpc) is 2.36. The van der Waals surface area contributed by atoms with Gasteiger partial charge in [-0.1, -0.05) is 11.6 Å². The molecule has 0 saturated carbocycles. The molecule has 0 radical (unpaired) electrons. The minimum atomic E-state index is -0.343. The summed E-state index contributed by atoms with van der Waals surface area (Å²) in [7, 11) is 0. The Bertz CT molecular complexity index is 441. The molecule has 0 bridgehead atoms. The Hall–Kier alpha value is -0.910. The number of aliphatic hydroxyl groups is 1. The van der Waals surface area contributed by atoms with Gasteiger partial charge in [0.15, 0.2) is 6.23 Å². The minimum Gasteiger partial charge on any atom is -0.396 e. The van der Waals surface area contributed by atoms with Gasteiger partial charge in [0.25, 0.3) is 5.56 Å². The van der Waals surface area contributed by atoms with Gasteiger partial charge in [0.2, 0.25) is 0 Å². The lowest BCUT2D eigenvalue weighted by Gasteiger charge is -2.23. The molecule has 1 unspecified atom stereocenters. The van der Waals surface area contributed by atoms with Crippen molar-refractivity contribution in [2.75, 3.05) is 13.2 Å². The summed E-state index contributed by atoms with van der Waals surface area (Å²) in [6.45, 7) is 0.597. The van der Waals surface area contributed by atoms with Crippen molar-refractivity contribution >= 4 is 11.6 Å². The summed E-state index contributed by atoms with van der Waals surface area (Å²) in [5.74, 6) is 0. The van der Waals surface area contributed by atoms with Crippen LogP contribution in [0.4, 0.5) is 0 Å². The molecule has 2 rings (SSSR count). The molecule has 1 saturated heterocycles. The maximum Gasteiger partial charge on any atom is 0.288 e. The van der Waals surface area contributed by atoms with Crippen molar-refractivity contribution in [1.29, 1.82) is 0 Å². The Balaban J connectivity index is 2.29. The van der Waals surface area contributed by atoms with Crippen LogP contribution in [0.25, 0.3) is 0 Å². The molecule has 1 aliphatic heterocycles. The molecule has 1 aromatic heterocycles. The van der Waals surface area contributed by atoms with Gasteiger partial charge >= 0.3 is 0 Å². The third-order valence-corrected chi connectivity index (χ3v) is 3.23. The Morgan fingerprint density at radius 3 is 3.06 bits per heavy atom. The molecule has 1 aromatic rings. The van der Waals surface area contributed by atoms with E-state index in [0.717, 1.165) is 19.3 Å². The first-order valence-electron chi connectivity index (χ1n) is 5.72. The molecule has 1 fully saturated rings. The predicted octanol–water partition coefficient (Wildman–Crippen LogP) is 1.13. The Labute approximate surface area is 104 Å². The number of rotatable bonds is 3. The normalized spacial score (nSPS) is 20.5. The summed E-state index contributed by atoms with van der Waals surface area (Å²) in [6, 6.07) is 0. The van der Waals surface area contributed by atoms with E-state index in [1.54, 1.807) is 0 Å². The highest BCUT2D eigenvalue weighted by Crippen LogP contribution is 2.21. The van der Waals surface area contributed by atoms with Crippen LogP contribution < -0.4 is 5.56 Å². The fraction of sp³-hybridized carbons (Fsp3) is 0.636. The smallest absolute Gasteiger partial charge is 0.288 e. The lowest BCUT2D eigenvalue weighted by atomic mass is 10.2. The first-order chi connectivity index (χ1) is 8.24. The molecule has 17 heavy (non-hydrogen) atoms. The summed E-state index contributed by atoms with van der Waals surface area (Å²) in [6.07, 6.45) is 4.38.